The molecule has 0 fully saturated rings. The zero-order chi connectivity index (χ0) is 21.4. The van der Waals surface area contributed by atoms with Crippen molar-refractivity contribution < 1.29 is 22.7 Å². The van der Waals surface area contributed by atoms with E-state index in [2.05, 4.69) is 15.9 Å². The number of alkyl halides is 3. The number of hydrogen-bond acceptors (Lipinski definition) is 4. The van der Waals surface area contributed by atoms with Crippen molar-refractivity contribution >= 4 is 6.09 Å². The summed E-state index contributed by atoms with van der Waals surface area (Å²) in [6.07, 6.45) is 1.18. The van der Waals surface area contributed by atoms with Gasteiger partial charge in [-0.15, -0.1) is 6.42 Å². The quantitative estimate of drug-likeness (QED) is 0.661. The first-order valence-electron chi connectivity index (χ1n) is 9.00. The molecule has 1 aliphatic rings. The van der Waals surface area contributed by atoms with Crippen LogP contribution in [0, 0.1) is 12.3 Å². The lowest BCUT2D eigenvalue weighted by molar-refractivity contribution is -0.137. The molecule has 8 heteroatoms. The topological polar surface area (TPSA) is 55.3 Å². The number of halogens is 3. The number of carbonyl (C=O) groups is 1. The lowest BCUT2D eigenvalue weighted by Crippen LogP contribution is -2.40. The standard InChI is InChI=1S/C21H20F3N3O2/c1-5-16-15-10-11-27(19(28)29-20(2,3)4)12-17(15)26-18(25-16)13-6-8-14(9-7-13)21(22,23)24/h1,6-9H,10-12H2,2-4H3. The van der Waals surface area contributed by atoms with Gasteiger partial charge in [-0.05, 0) is 45.2 Å². The number of rotatable bonds is 1. The summed E-state index contributed by atoms with van der Waals surface area (Å²) in [7, 11) is 0. The SMILES string of the molecule is C#Cc1nc(-c2ccc(C(F)(F)F)cc2)nc2c1CCN(C(=O)OC(C)(C)C)C2. The molecule has 1 amide bonds. The molecule has 2 aromatic rings. The molecule has 0 N–H and O–H groups in total. The number of aromatic nitrogens is 2. The Labute approximate surface area is 166 Å². The van der Waals surface area contributed by atoms with Gasteiger partial charge < -0.3 is 9.64 Å². The van der Waals surface area contributed by atoms with Crippen molar-refractivity contribution in [2.75, 3.05) is 6.54 Å². The molecule has 152 valence electrons. The van der Waals surface area contributed by atoms with Crippen LogP contribution in [0.15, 0.2) is 24.3 Å². The predicted octanol–water partition coefficient (Wildman–Crippen LogP) is 4.44. The molecule has 0 saturated carbocycles. The highest BCUT2D eigenvalue weighted by atomic mass is 19.4. The van der Waals surface area contributed by atoms with Gasteiger partial charge in [0.15, 0.2) is 5.82 Å². The van der Waals surface area contributed by atoms with Crippen LogP contribution in [0.3, 0.4) is 0 Å². The normalized spacial score (nSPS) is 14.2. The van der Waals surface area contributed by atoms with Gasteiger partial charge in [0.2, 0.25) is 0 Å². The molecule has 1 aromatic carbocycles. The van der Waals surface area contributed by atoms with Crippen molar-refractivity contribution in [1.82, 2.24) is 14.9 Å². The van der Waals surface area contributed by atoms with E-state index in [-0.39, 0.29) is 12.4 Å². The maximum absolute atomic E-state index is 12.8. The Bertz CT molecular complexity index is 971. The summed E-state index contributed by atoms with van der Waals surface area (Å²) in [5, 5.41) is 0. The molecule has 1 aromatic heterocycles. The minimum atomic E-state index is -4.42. The van der Waals surface area contributed by atoms with E-state index in [4.69, 9.17) is 11.2 Å². The molecule has 0 saturated heterocycles. The van der Waals surface area contributed by atoms with Gasteiger partial charge in [-0.25, -0.2) is 14.8 Å². The molecule has 3 rings (SSSR count). The lowest BCUT2D eigenvalue weighted by atomic mass is 10.0. The van der Waals surface area contributed by atoms with Crippen LogP contribution in [0.4, 0.5) is 18.0 Å². The van der Waals surface area contributed by atoms with Crippen molar-refractivity contribution in [2.45, 2.75) is 45.5 Å². The molecule has 0 bridgehead atoms. The highest BCUT2D eigenvalue weighted by Gasteiger charge is 2.31. The Morgan fingerprint density at radius 2 is 1.83 bits per heavy atom. The number of ether oxygens (including phenoxy) is 1. The molecule has 29 heavy (non-hydrogen) atoms. The van der Waals surface area contributed by atoms with E-state index in [9.17, 15) is 18.0 Å². The minimum Gasteiger partial charge on any atom is -0.444 e. The van der Waals surface area contributed by atoms with Gasteiger partial charge in [-0.3, -0.25) is 0 Å². The molecule has 0 atom stereocenters. The van der Waals surface area contributed by atoms with Crippen molar-refractivity contribution in [3.63, 3.8) is 0 Å². The molecule has 0 unspecified atom stereocenters. The maximum atomic E-state index is 12.8. The molecule has 0 spiro atoms. The number of benzene rings is 1. The van der Waals surface area contributed by atoms with Crippen LogP contribution in [-0.2, 0) is 23.9 Å². The number of nitrogens with zero attached hydrogens (tertiary/aromatic N) is 3. The monoisotopic (exact) mass is 403 g/mol. The van der Waals surface area contributed by atoms with Crippen LogP contribution in [0.2, 0.25) is 0 Å². The van der Waals surface area contributed by atoms with Gasteiger partial charge in [-0.2, -0.15) is 13.2 Å². The number of terminal acetylenes is 1. The average Bonchev–Trinajstić information content (AvgIpc) is 2.64. The Hall–Kier alpha value is -3.08. The number of carbonyl (C=O) groups excluding carboxylic acids is 1. The molecule has 0 radical (unpaired) electrons. The number of fused-ring (bicyclic) bond motifs is 1. The smallest absolute Gasteiger partial charge is 0.416 e. The summed E-state index contributed by atoms with van der Waals surface area (Å²) in [6, 6.07) is 4.56. The van der Waals surface area contributed by atoms with E-state index in [1.807, 2.05) is 0 Å². The molecule has 0 aliphatic carbocycles. The summed E-state index contributed by atoms with van der Waals surface area (Å²) < 4.78 is 43.8. The van der Waals surface area contributed by atoms with Gasteiger partial charge in [0.05, 0.1) is 17.8 Å². The summed E-state index contributed by atoms with van der Waals surface area (Å²) in [6.45, 7) is 5.95. The molecule has 2 heterocycles. The second kappa shape index (κ2) is 7.39. The van der Waals surface area contributed by atoms with Gasteiger partial charge >= 0.3 is 12.3 Å². The summed E-state index contributed by atoms with van der Waals surface area (Å²) >= 11 is 0. The Balaban J connectivity index is 1.93. The maximum Gasteiger partial charge on any atom is 0.416 e. The predicted molar refractivity (Wildman–Crippen MR) is 101 cm³/mol. The van der Waals surface area contributed by atoms with Gasteiger partial charge in [0, 0.05) is 17.7 Å². The summed E-state index contributed by atoms with van der Waals surface area (Å²) in [5.74, 6) is 2.74. The fraction of sp³-hybridized carbons (Fsp3) is 0.381. The van der Waals surface area contributed by atoms with E-state index in [1.165, 1.54) is 17.0 Å². The third kappa shape index (κ3) is 4.67. The zero-order valence-corrected chi connectivity index (χ0v) is 16.3. The van der Waals surface area contributed by atoms with E-state index in [0.717, 1.165) is 17.7 Å². The molecular weight excluding hydrogens is 383 g/mol. The van der Waals surface area contributed by atoms with Crippen LogP contribution in [0.5, 0.6) is 0 Å². The number of hydrogen-bond donors (Lipinski definition) is 0. The van der Waals surface area contributed by atoms with Crippen LogP contribution >= 0.6 is 0 Å². The fourth-order valence-electron chi connectivity index (χ4n) is 2.97. The van der Waals surface area contributed by atoms with Crippen LogP contribution < -0.4 is 0 Å². The average molecular weight is 403 g/mol. The van der Waals surface area contributed by atoms with Gasteiger partial charge in [0.1, 0.15) is 11.3 Å². The van der Waals surface area contributed by atoms with Gasteiger partial charge in [-0.1, -0.05) is 12.1 Å². The first-order valence-corrected chi connectivity index (χ1v) is 9.00. The Kier molecular flexibility index (Phi) is 5.26. The first kappa shape index (κ1) is 20.6. The summed E-state index contributed by atoms with van der Waals surface area (Å²) in [4.78, 5) is 22.7. The Morgan fingerprint density at radius 1 is 1.17 bits per heavy atom. The highest BCUT2D eigenvalue weighted by Crippen LogP contribution is 2.31. The van der Waals surface area contributed by atoms with Crippen LogP contribution in [-0.4, -0.2) is 33.1 Å². The van der Waals surface area contributed by atoms with Gasteiger partial charge in [0.25, 0.3) is 0 Å². The van der Waals surface area contributed by atoms with Crippen LogP contribution in [0.1, 0.15) is 43.3 Å². The lowest BCUT2D eigenvalue weighted by Gasteiger charge is -2.31. The van der Waals surface area contributed by atoms with E-state index in [1.54, 1.807) is 20.8 Å². The third-order valence-corrected chi connectivity index (χ3v) is 4.32. The van der Waals surface area contributed by atoms with Crippen LogP contribution in [0.25, 0.3) is 11.4 Å². The zero-order valence-electron chi connectivity index (χ0n) is 16.3. The van der Waals surface area contributed by atoms with Crippen molar-refractivity contribution in [1.29, 1.82) is 0 Å². The third-order valence-electron chi connectivity index (χ3n) is 4.32. The second-order valence-corrected chi connectivity index (χ2v) is 7.69. The molecule has 5 nitrogen and oxygen atoms in total. The highest BCUT2D eigenvalue weighted by molar-refractivity contribution is 5.69. The van der Waals surface area contributed by atoms with Crippen molar-refractivity contribution in [2.24, 2.45) is 0 Å². The van der Waals surface area contributed by atoms with Crippen molar-refractivity contribution in [3.8, 4) is 23.7 Å². The largest absolute Gasteiger partial charge is 0.444 e. The van der Waals surface area contributed by atoms with E-state index < -0.39 is 23.4 Å². The second-order valence-electron chi connectivity index (χ2n) is 7.69. The first-order chi connectivity index (χ1) is 13.5. The molecular formula is C21H20F3N3O2. The minimum absolute atomic E-state index is 0.190. The number of amides is 1. The van der Waals surface area contributed by atoms with Crippen molar-refractivity contribution in [3.05, 3.63) is 46.8 Å². The molecule has 1 aliphatic heterocycles. The Morgan fingerprint density at radius 3 is 2.38 bits per heavy atom. The van der Waals surface area contributed by atoms with E-state index in [0.29, 0.717) is 29.9 Å². The fourth-order valence-corrected chi connectivity index (χ4v) is 2.97. The summed E-state index contributed by atoms with van der Waals surface area (Å²) in [5.41, 5.74) is 0.745. The van der Waals surface area contributed by atoms with E-state index >= 15 is 0 Å².